The Labute approximate surface area is 326 Å². The Morgan fingerprint density at radius 2 is 1.34 bits per heavy atom. The van der Waals surface area contributed by atoms with Crippen LogP contribution >= 0.6 is 0 Å². The lowest BCUT2D eigenvalue weighted by Gasteiger charge is -2.40. The second-order valence-electron chi connectivity index (χ2n) is 15.2. The number of rotatable bonds is 10. The molecule has 14 heteroatoms. The fraction of sp³-hybridized carbons (Fsp3) is 0.429. The first-order valence-corrected chi connectivity index (χ1v) is 19.4. The zero-order chi connectivity index (χ0) is 39.4. The van der Waals surface area contributed by atoms with Crippen LogP contribution in [-0.4, -0.2) is 92.6 Å². The highest BCUT2D eigenvalue weighted by Gasteiger charge is 2.47. The molecule has 56 heavy (non-hydrogen) atoms. The summed E-state index contributed by atoms with van der Waals surface area (Å²) >= 11 is 0. The van der Waals surface area contributed by atoms with Gasteiger partial charge in [-0.25, -0.2) is 19.6 Å². The van der Waals surface area contributed by atoms with Crippen molar-refractivity contribution in [1.82, 2.24) is 40.4 Å². The Balaban J connectivity index is 1.01. The summed E-state index contributed by atoms with van der Waals surface area (Å²) in [4.78, 5) is 71.6. The van der Waals surface area contributed by atoms with Gasteiger partial charge in [0.2, 0.25) is 11.8 Å². The number of aromatic nitrogens is 4. The number of hydrogen-bond donors (Lipinski definition) is 4. The number of amides is 4. The largest absolute Gasteiger partial charge is 0.453 e. The average molecular weight is 763 g/mol. The summed E-state index contributed by atoms with van der Waals surface area (Å²) in [5, 5.41) is 5.57. The Morgan fingerprint density at radius 3 is 1.93 bits per heavy atom. The lowest BCUT2D eigenvalue weighted by Crippen LogP contribution is -2.60. The summed E-state index contributed by atoms with van der Waals surface area (Å²) in [5.74, 6) is 0.999. The van der Waals surface area contributed by atoms with Crippen LogP contribution in [0.4, 0.5) is 9.59 Å². The summed E-state index contributed by atoms with van der Waals surface area (Å²) in [6.45, 7) is 4.80. The van der Waals surface area contributed by atoms with E-state index < -0.39 is 23.8 Å². The van der Waals surface area contributed by atoms with E-state index in [-0.39, 0.29) is 29.8 Å². The van der Waals surface area contributed by atoms with E-state index in [1.807, 2.05) is 49.2 Å². The summed E-state index contributed by atoms with van der Waals surface area (Å²) in [5.41, 5.74) is 4.79. The highest BCUT2D eigenvalue weighted by atomic mass is 16.5. The number of benzene rings is 2. The summed E-state index contributed by atoms with van der Waals surface area (Å²) in [6.07, 6.45) is 11.9. The molecular formula is C42H50N8O6. The quantitative estimate of drug-likeness (QED) is 0.130. The summed E-state index contributed by atoms with van der Waals surface area (Å²) < 4.78 is 9.64. The molecule has 4 aromatic rings. The van der Waals surface area contributed by atoms with Gasteiger partial charge < -0.3 is 39.9 Å². The fourth-order valence-electron chi connectivity index (χ4n) is 8.20. The Hall–Kier alpha value is -5.92. The van der Waals surface area contributed by atoms with Crippen molar-refractivity contribution < 1.29 is 28.7 Å². The Bertz CT molecular complexity index is 2060. The third-order valence-electron chi connectivity index (χ3n) is 11.3. The predicted octanol–water partition coefficient (Wildman–Crippen LogP) is 6.68. The number of nitrogens with one attached hydrogen (secondary N) is 4. The van der Waals surface area contributed by atoms with E-state index in [4.69, 9.17) is 14.5 Å². The number of imidazole rings is 2. The molecule has 7 rings (SSSR count). The van der Waals surface area contributed by atoms with Gasteiger partial charge in [-0.05, 0) is 53.9 Å². The SMILES string of the molecule is COC(=O)N[C@H](C(=O)N1CC=CC1c1ncc(-c2ccc(-c3ccc(-c4cnc([C@@H]5CCCN5C(=O)C5(NC(=O)OC)CCCCC5)[nH]4)cc3)cc2)[nH]1)C(C)C. The van der Waals surface area contributed by atoms with Crippen LogP contribution in [0.2, 0.25) is 0 Å². The molecule has 3 atom stereocenters. The van der Waals surface area contributed by atoms with Gasteiger partial charge in [0, 0.05) is 13.1 Å². The summed E-state index contributed by atoms with van der Waals surface area (Å²) in [7, 11) is 2.61. The molecule has 2 aliphatic heterocycles. The second-order valence-corrected chi connectivity index (χ2v) is 15.2. The maximum Gasteiger partial charge on any atom is 0.407 e. The molecule has 294 valence electrons. The highest BCUT2D eigenvalue weighted by Crippen LogP contribution is 2.38. The van der Waals surface area contributed by atoms with Crippen LogP contribution in [0.15, 0.2) is 73.1 Å². The van der Waals surface area contributed by atoms with E-state index in [0.717, 1.165) is 71.6 Å². The fourth-order valence-corrected chi connectivity index (χ4v) is 8.20. The van der Waals surface area contributed by atoms with E-state index in [0.29, 0.717) is 31.8 Å². The highest BCUT2D eigenvalue weighted by molar-refractivity contribution is 5.91. The predicted molar refractivity (Wildman–Crippen MR) is 210 cm³/mol. The van der Waals surface area contributed by atoms with Gasteiger partial charge in [-0.3, -0.25) is 9.59 Å². The molecule has 2 fully saturated rings. The van der Waals surface area contributed by atoms with Gasteiger partial charge in [0.1, 0.15) is 29.3 Å². The van der Waals surface area contributed by atoms with Gasteiger partial charge in [0.25, 0.3) is 0 Å². The molecule has 2 aromatic heterocycles. The first-order chi connectivity index (χ1) is 27.1. The van der Waals surface area contributed by atoms with Crippen molar-refractivity contribution in [3.63, 3.8) is 0 Å². The molecule has 0 bridgehead atoms. The summed E-state index contributed by atoms with van der Waals surface area (Å²) in [6, 6.07) is 15.2. The molecule has 4 N–H and O–H groups in total. The van der Waals surface area contributed by atoms with Crippen molar-refractivity contribution in [3.8, 4) is 33.6 Å². The molecule has 1 unspecified atom stereocenters. The molecule has 1 aliphatic carbocycles. The zero-order valence-electron chi connectivity index (χ0n) is 32.3. The molecule has 3 aliphatic rings. The smallest absolute Gasteiger partial charge is 0.407 e. The van der Waals surface area contributed by atoms with Crippen molar-refractivity contribution in [1.29, 1.82) is 0 Å². The first kappa shape index (κ1) is 38.4. The second kappa shape index (κ2) is 16.4. The molecule has 0 radical (unpaired) electrons. The number of carbonyl (C=O) groups is 4. The lowest BCUT2D eigenvalue weighted by atomic mass is 9.80. The van der Waals surface area contributed by atoms with Crippen molar-refractivity contribution in [2.45, 2.75) is 82.5 Å². The van der Waals surface area contributed by atoms with Crippen LogP contribution in [0, 0.1) is 5.92 Å². The number of hydrogen-bond acceptors (Lipinski definition) is 8. The van der Waals surface area contributed by atoms with Crippen LogP contribution in [0.5, 0.6) is 0 Å². The Morgan fingerprint density at radius 1 is 0.768 bits per heavy atom. The van der Waals surface area contributed by atoms with E-state index in [2.05, 4.69) is 62.0 Å². The topological polar surface area (TPSA) is 175 Å². The van der Waals surface area contributed by atoms with E-state index >= 15 is 0 Å². The van der Waals surface area contributed by atoms with Gasteiger partial charge in [0.15, 0.2) is 0 Å². The minimum Gasteiger partial charge on any atom is -0.453 e. The van der Waals surface area contributed by atoms with Gasteiger partial charge in [-0.15, -0.1) is 0 Å². The molecule has 1 saturated heterocycles. The van der Waals surface area contributed by atoms with Gasteiger partial charge in [-0.1, -0.05) is 93.8 Å². The van der Waals surface area contributed by atoms with Crippen LogP contribution in [0.3, 0.4) is 0 Å². The third-order valence-corrected chi connectivity index (χ3v) is 11.3. The number of ether oxygens (including phenoxy) is 2. The number of likely N-dealkylation sites (tertiary alicyclic amines) is 1. The van der Waals surface area contributed by atoms with E-state index in [1.165, 1.54) is 14.2 Å². The maximum atomic E-state index is 14.1. The Kier molecular flexibility index (Phi) is 11.3. The monoisotopic (exact) mass is 762 g/mol. The molecular weight excluding hydrogens is 713 g/mol. The van der Waals surface area contributed by atoms with Crippen LogP contribution in [0.1, 0.15) is 82.5 Å². The van der Waals surface area contributed by atoms with E-state index in [9.17, 15) is 19.2 Å². The van der Waals surface area contributed by atoms with Crippen molar-refractivity contribution >= 4 is 24.0 Å². The normalized spacial score (nSPS) is 19.5. The standard InChI is InChI=1S/C42H50N8O6/c1-26(2)35(47-40(53)55-3)38(51)49-22-8-10-33(49)36-43-24-31(45-36)29-16-12-27(13-17-29)28-14-18-30(19-15-28)32-25-44-37(46-32)34-11-9-23-50(34)39(52)42(48-41(54)56-4)20-6-5-7-21-42/h8,10,12-19,24-26,33-35H,5-7,9,11,20-23H2,1-4H3,(H,43,45)(H,44,46)(H,47,53)(H,48,54)/t33?,34-,35-/m0/s1. The van der Waals surface area contributed by atoms with E-state index in [1.54, 1.807) is 11.1 Å². The minimum atomic E-state index is -0.945. The maximum absolute atomic E-state index is 14.1. The van der Waals surface area contributed by atoms with Crippen LogP contribution in [0.25, 0.3) is 33.6 Å². The number of carbonyl (C=O) groups excluding carboxylic acids is 4. The van der Waals surface area contributed by atoms with Gasteiger partial charge in [0.05, 0.1) is 44.0 Å². The number of alkyl carbamates (subject to hydrolysis) is 2. The number of aromatic amines is 2. The number of nitrogens with zero attached hydrogens (tertiary/aromatic N) is 4. The van der Waals surface area contributed by atoms with Crippen molar-refractivity contribution in [3.05, 3.63) is 84.7 Å². The molecule has 14 nitrogen and oxygen atoms in total. The lowest BCUT2D eigenvalue weighted by molar-refractivity contribution is -0.141. The van der Waals surface area contributed by atoms with Crippen molar-refractivity contribution in [2.75, 3.05) is 27.3 Å². The average Bonchev–Trinajstić information content (AvgIpc) is 4.07. The molecule has 4 heterocycles. The number of H-pyrrole nitrogens is 2. The van der Waals surface area contributed by atoms with Gasteiger partial charge >= 0.3 is 12.2 Å². The molecule has 0 spiro atoms. The van der Waals surface area contributed by atoms with Crippen LogP contribution in [-0.2, 0) is 19.1 Å². The minimum absolute atomic E-state index is 0.0536. The molecule has 4 amide bonds. The number of methoxy groups -OCH3 is 2. The molecule has 1 saturated carbocycles. The third kappa shape index (κ3) is 7.77. The van der Waals surface area contributed by atoms with Crippen LogP contribution < -0.4 is 10.6 Å². The van der Waals surface area contributed by atoms with Gasteiger partial charge in [-0.2, -0.15) is 0 Å². The van der Waals surface area contributed by atoms with Crippen molar-refractivity contribution in [2.24, 2.45) is 5.92 Å². The first-order valence-electron chi connectivity index (χ1n) is 19.4. The molecule has 2 aromatic carbocycles. The zero-order valence-corrected chi connectivity index (χ0v) is 32.3.